The third kappa shape index (κ3) is 1.98. The van der Waals surface area contributed by atoms with E-state index in [0.717, 1.165) is 13.0 Å². The Labute approximate surface area is 103 Å². The molecular formula is C15H20N2. The Bertz CT molecular complexity index is 438. The number of anilines is 1. The van der Waals surface area contributed by atoms with Crippen LogP contribution in [0.1, 0.15) is 18.9 Å². The predicted octanol–water partition coefficient (Wildman–Crippen LogP) is 2.34. The molecule has 1 aromatic carbocycles. The standard InChI is InChI=1S/C15H20N2/c1-11-8-13-4-2-3-5-15(13)17(11)10-12-6-7-14(16)9-12/h2-7,11-12,14H,8-10,16H2,1H3. The van der Waals surface area contributed by atoms with Crippen molar-refractivity contribution in [1.82, 2.24) is 0 Å². The van der Waals surface area contributed by atoms with Crippen LogP contribution in [-0.2, 0) is 6.42 Å². The minimum atomic E-state index is 0.271. The third-order valence-corrected chi connectivity index (χ3v) is 3.99. The van der Waals surface area contributed by atoms with Crippen LogP contribution in [-0.4, -0.2) is 18.6 Å². The van der Waals surface area contributed by atoms with Gasteiger partial charge in [-0.15, -0.1) is 0 Å². The lowest BCUT2D eigenvalue weighted by Gasteiger charge is -2.27. The molecule has 1 aromatic rings. The molecule has 0 spiro atoms. The van der Waals surface area contributed by atoms with E-state index in [4.69, 9.17) is 5.73 Å². The van der Waals surface area contributed by atoms with E-state index in [1.54, 1.807) is 0 Å². The molecule has 0 fully saturated rings. The van der Waals surface area contributed by atoms with E-state index in [2.05, 4.69) is 48.2 Å². The molecule has 0 aromatic heterocycles. The van der Waals surface area contributed by atoms with Gasteiger partial charge in [-0.2, -0.15) is 0 Å². The van der Waals surface area contributed by atoms with Gasteiger partial charge in [0.05, 0.1) is 0 Å². The number of benzene rings is 1. The molecule has 3 atom stereocenters. The van der Waals surface area contributed by atoms with Crippen molar-refractivity contribution in [3.8, 4) is 0 Å². The minimum Gasteiger partial charge on any atom is -0.368 e. The van der Waals surface area contributed by atoms with Gasteiger partial charge < -0.3 is 10.6 Å². The lowest BCUT2D eigenvalue weighted by molar-refractivity contribution is 0.545. The number of para-hydroxylation sites is 1. The van der Waals surface area contributed by atoms with Gasteiger partial charge in [-0.05, 0) is 37.3 Å². The van der Waals surface area contributed by atoms with Crippen LogP contribution in [0.5, 0.6) is 0 Å². The van der Waals surface area contributed by atoms with Crippen molar-refractivity contribution in [2.75, 3.05) is 11.4 Å². The molecule has 2 aliphatic rings. The highest BCUT2D eigenvalue weighted by Crippen LogP contribution is 2.33. The molecule has 1 aliphatic carbocycles. The molecule has 1 heterocycles. The Balaban J connectivity index is 1.77. The predicted molar refractivity (Wildman–Crippen MR) is 72.2 cm³/mol. The summed E-state index contributed by atoms with van der Waals surface area (Å²) in [5, 5.41) is 0. The van der Waals surface area contributed by atoms with Crippen LogP contribution in [0.25, 0.3) is 0 Å². The first kappa shape index (κ1) is 10.8. The maximum absolute atomic E-state index is 5.92. The number of nitrogens with two attached hydrogens (primary N) is 1. The first-order valence-corrected chi connectivity index (χ1v) is 6.52. The second-order valence-electron chi connectivity index (χ2n) is 5.38. The summed E-state index contributed by atoms with van der Waals surface area (Å²) in [6.07, 6.45) is 6.72. The molecule has 0 saturated heterocycles. The summed E-state index contributed by atoms with van der Waals surface area (Å²) >= 11 is 0. The molecule has 0 radical (unpaired) electrons. The Kier molecular flexibility index (Phi) is 2.67. The molecule has 3 unspecified atom stereocenters. The SMILES string of the molecule is CC1Cc2ccccc2N1CC1C=CC(N)C1. The topological polar surface area (TPSA) is 29.3 Å². The Morgan fingerprint density at radius 2 is 2.12 bits per heavy atom. The highest BCUT2D eigenvalue weighted by atomic mass is 15.2. The largest absolute Gasteiger partial charge is 0.368 e. The van der Waals surface area contributed by atoms with E-state index in [0.29, 0.717) is 12.0 Å². The fraction of sp³-hybridized carbons (Fsp3) is 0.467. The Morgan fingerprint density at radius 1 is 1.29 bits per heavy atom. The van der Waals surface area contributed by atoms with Crippen LogP contribution in [0.4, 0.5) is 5.69 Å². The summed E-state index contributed by atoms with van der Waals surface area (Å²) in [7, 11) is 0. The summed E-state index contributed by atoms with van der Waals surface area (Å²) in [6.45, 7) is 3.43. The highest BCUT2D eigenvalue weighted by molar-refractivity contribution is 5.59. The Hall–Kier alpha value is -1.28. The molecule has 2 nitrogen and oxygen atoms in total. The van der Waals surface area contributed by atoms with Crippen molar-refractivity contribution in [1.29, 1.82) is 0 Å². The van der Waals surface area contributed by atoms with Gasteiger partial charge in [0, 0.05) is 24.3 Å². The van der Waals surface area contributed by atoms with Crippen molar-refractivity contribution in [2.45, 2.75) is 31.8 Å². The number of hydrogen-bond donors (Lipinski definition) is 1. The summed E-state index contributed by atoms with van der Waals surface area (Å²) in [4.78, 5) is 2.54. The molecule has 3 rings (SSSR count). The fourth-order valence-corrected chi connectivity index (χ4v) is 3.10. The smallest absolute Gasteiger partial charge is 0.0402 e. The molecule has 90 valence electrons. The van der Waals surface area contributed by atoms with E-state index in [1.165, 1.54) is 17.7 Å². The summed E-state index contributed by atoms with van der Waals surface area (Å²) in [5.74, 6) is 0.624. The molecule has 1 aliphatic heterocycles. The van der Waals surface area contributed by atoms with Gasteiger partial charge >= 0.3 is 0 Å². The van der Waals surface area contributed by atoms with Crippen LogP contribution in [0, 0.1) is 5.92 Å². The fourth-order valence-electron chi connectivity index (χ4n) is 3.10. The van der Waals surface area contributed by atoms with Gasteiger partial charge in [0.15, 0.2) is 0 Å². The molecule has 0 bridgehead atoms. The lowest BCUT2D eigenvalue weighted by atomic mass is 10.1. The first-order valence-electron chi connectivity index (χ1n) is 6.52. The number of fused-ring (bicyclic) bond motifs is 1. The molecule has 0 amide bonds. The van der Waals surface area contributed by atoms with Gasteiger partial charge in [-0.1, -0.05) is 30.4 Å². The minimum absolute atomic E-state index is 0.271. The van der Waals surface area contributed by atoms with Crippen molar-refractivity contribution >= 4 is 5.69 Å². The molecule has 0 saturated carbocycles. The van der Waals surface area contributed by atoms with Gasteiger partial charge in [0.25, 0.3) is 0 Å². The summed E-state index contributed by atoms with van der Waals surface area (Å²) < 4.78 is 0. The van der Waals surface area contributed by atoms with Crippen molar-refractivity contribution in [3.63, 3.8) is 0 Å². The van der Waals surface area contributed by atoms with Gasteiger partial charge in [0.1, 0.15) is 0 Å². The third-order valence-electron chi connectivity index (χ3n) is 3.99. The average Bonchev–Trinajstić information content (AvgIpc) is 2.85. The van der Waals surface area contributed by atoms with Gasteiger partial charge in [0.2, 0.25) is 0 Å². The molecule has 17 heavy (non-hydrogen) atoms. The maximum atomic E-state index is 5.92. The van der Waals surface area contributed by atoms with Crippen LogP contribution in [0.2, 0.25) is 0 Å². The van der Waals surface area contributed by atoms with Crippen molar-refractivity contribution in [3.05, 3.63) is 42.0 Å². The van der Waals surface area contributed by atoms with Gasteiger partial charge in [-0.3, -0.25) is 0 Å². The quantitative estimate of drug-likeness (QED) is 0.787. The summed E-state index contributed by atoms with van der Waals surface area (Å²) in [5.41, 5.74) is 8.84. The number of hydrogen-bond acceptors (Lipinski definition) is 2. The number of rotatable bonds is 2. The van der Waals surface area contributed by atoms with E-state index in [9.17, 15) is 0 Å². The molecular weight excluding hydrogens is 208 g/mol. The zero-order valence-corrected chi connectivity index (χ0v) is 10.3. The Morgan fingerprint density at radius 3 is 2.88 bits per heavy atom. The first-order chi connectivity index (χ1) is 8.24. The van der Waals surface area contributed by atoms with Crippen molar-refractivity contribution < 1.29 is 0 Å². The zero-order chi connectivity index (χ0) is 11.8. The van der Waals surface area contributed by atoms with Crippen LogP contribution >= 0.6 is 0 Å². The van der Waals surface area contributed by atoms with E-state index < -0.39 is 0 Å². The average molecular weight is 228 g/mol. The highest BCUT2D eigenvalue weighted by Gasteiger charge is 2.28. The van der Waals surface area contributed by atoms with Crippen LogP contribution in [0.15, 0.2) is 36.4 Å². The normalized spacial score (nSPS) is 30.9. The second-order valence-corrected chi connectivity index (χ2v) is 5.38. The second kappa shape index (κ2) is 4.19. The molecule has 2 heteroatoms. The lowest BCUT2D eigenvalue weighted by Crippen LogP contribution is -2.34. The van der Waals surface area contributed by atoms with E-state index >= 15 is 0 Å². The van der Waals surface area contributed by atoms with Crippen LogP contribution < -0.4 is 10.6 Å². The maximum Gasteiger partial charge on any atom is 0.0402 e. The van der Waals surface area contributed by atoms with Crippen molar-refractivity contribution in [2.24, 2.45) is 11.7 Å². The molecule has 2 N–H and O–H groups in total. The van der Waals surface area contributed by atoms with E-state index in [1.807, 2.05) is 0 Å². The number of nitrogens with zero attached hydrogens (tertiary/aromatic N) is 1. The monoisotopic (exact) mass is 228 g/mol. The van der Waals surface area contributed by atoms with E-state index in [-0.39, 0.29) is 6.04 Å². The zero-order valence-electron chi connectivity index (χ0n) is 10.3. The summed E-state index contributed by atoms with van der Waals surface area (Å²) in [6, 6.07) is 9.67. The van der Waals surface area contributed by atoms with Gasteiger partial charge in [-0.25, -0.2) is 0 Å². The van der Waals surface area contributed by atoms with Crippen LogP contribution in [0.3, 0.4) is 0 Å².